The summed E-state index contributed by atoms with van der Waals surface area (Å²) in [6, 6.07) is 3.73. The van der Waals surface area contributed by atoms with Crippen LogP contribution in [0.25, 0.3) is 5.69 Å². The zero-order valence-corrected chi connectivity index (χ0v) is 13.8. The molecule has 4 heterocycles. The number of carbonyl (C=O) groups is 1. The minimum Gasteiger partial charge on any atom is -0.394 e. The number of piperidine rings is 2. The van der Waals surface area contributed by atoms with Gasteiger partial charge in [-0.15, -0.1) is 4.80 Å². The van der Waals surface area contributed by atoms with E-state index in [0.29, 0.717) is 23.2 Å². The van der Waals surface area contributed by atoms with Gasteiger partial charge in [-0.05, 0) is 43.7 Å². The van der Waals surface area contributed by atoms with Crippen LogP contribution in [-0.2, 0) is 0 Å². The number of aliphatic hydroxyl groups excluding tert-OH is 1. The summed E-state index contributed by atoms with van der Waals surface area (Å²) in [4.78, 5) is 21.0. The minimum atomic E-state index is -0.143. The van der Waals surface area contributed by atoms with Crippen LogP contribution in [0.1, 0.15) is 35.9 Å². The highest BCUT2D eigenvalue weighted by Crippen LogP contribution is 2.46. The van der Waals surface area contributed by atoms with Crippen molar-refractivity contribution in [3.05, 3.63) is 35.9 Å². The van der Waals surface area contributed by atoms with Gasteiger partial charge in [-0.1, -0.05) is 6.92 Å². The largest absolute Gasteiger partial charge is 0.394 e. The van der Waals surface area contributed by atoms with E-state index >= 15 is 0 Å². The lowest BCUT2D eigenvalue weighted by atomic mass is 9.64. The lowest BCUT2D eigenvalue weighted by Crippen LogP contribution is -2.64. The summed E-state index contributed by atoms with van der Waals surface area (Å²) in [6.45, 7) is 3.97. The van der Waals surface area contributed by atoms with Crippen LogP contribution in [0.2, 0.25) is 0 Å². The third kappa shape index (κ3) is 2.23. The van der Waals surface area contributed by atoms with E-state index in [1.54, 1.807) is 12.4 Å². The minimum absolute atomic E-state index is 0.0128. The summed E-state index contributed by atoms with van der Waals surface area (Å²) in [5, 5.41) is 18.1. The van der Waals surface area contributed by atoms with Crippen LogP contribution in [0.15, 0.2) is 24.5 Å². The van der Waals surface area contributed by atoms with Crippen molar-refractivity contribution in [2.75, 3.05) is 6.61 Å². The van der Waals surface area contributed by atoms with Gasteiger partial charge in [-0.25, -0.2) is 4.98 Å². The number of amides is 1. The Kier molecular flexibility index (Phi) is 3.60. The van der Waals surface area contributed by atoms with Gasteiger partial charge < -0.3 is 10.0 Å². The number of hydrogen-bond donors (Lipinski definition) is 1. The van der Waals surface area contributed by atoms with Crippen LogP contribution in [0, 0.1) is 18.8 Å². The van der Waals surface area contributed by atoms with Crippen LogP contribution in [0.5, 0.6) is 0 Å². The molecule has 3 fully saturated rings. The maximum Gasteiger partial charge on any atom is 0.275 e. The maximum atomic E-state index is 13.3. The van der Waals surface area contributed by atoms with Crippen molar-refractivity contribution in [1.29, 1.82) is 0 Å². The normalized spacial score (nSPS) is 28.5. The highest BCUT2D eigenvalue weighted by atomic mass is 16.3. The molecule has 0 aromatic carbocycles. The molecule has 0 radical (unpaired) electrons. The Morgan fingerprint density at radius 1 is 1.29 bits per heavy atom. The van der Waals surface area contributed by atoms with E-state index in [1.165, 1.54) is 4.80 Å². The molecule has 2 atom stereocenters. The van der Waals surface area contributed by atoms with Crippen molar-refractivity contribution in [3.8, 4) is 5.69 Å². The zero-order valence-electron chi connectivity index (χ0n) is 13.8. The number of aryl methyl sites for hydroxylation is 1. The molecule has 1 saturated carbocycles. The van der Waals surface area contributed by atoms with E-state index in [0.717, 1.165) is 18.5 Å². The molecule has 2 saturated heterocycles. The predicted octanol–water partition coefficient (Wildman–Crippen LogP) is 1.20. The molecule has 2 bridgehead atoms. The second-order valence-corrected chi connectivity index (χ2v) is 6.85. The molecule has 2 aromatic rings. The SMILES string of the molecule is Cc1ccc(-n2nccn2)c(C(=O)N2C3CC(C3)[C@H](C)[C@H]2CO)n1. The Balaban J connectivity index is 1.75. The summed E-state index contributed by atoms with van der Waals surface area (Å²) < 4.78 is 0. The summed E-state index contributed by atoms with van der Waals surface area (Å²) >= 11 is 0. The van der Waals surface area contributed by atoms with E-state index in [1.807, 2.05) is 24.0 Å². The lowest BCUT2D eigenvalue weighted by Gasteiger charge is -2.56. The first-order chi connectivity index (χ1) is 11.6. The number of aromatic nitrogens is 4. The van der Waals surface area contributed by atoms with Crippen LogP contribution in [-0.4, -0.2) is 54.6 Å². The Labute approximate surface area is 140 Å². The van der Waals surface area contributed by atoms with Crippen LogP contribution in [0.4, 0.5) is 0 Å². The molecule has 3 aliphatic rings. The number of fused-ring (bicyclic) bond motifs is 2. The van der Waals surface area contributed by atoms with Gasteiger partial charge >= 0.3 is 0 Å². The molecule has 5 rings (SSSR count). The second kappa shape index (κ2) is 5.66. The predicted molar refractivity (Wildman–Crippen MR) is 86.6 cm³/mol. The summed E-state index contributed by atoms with van der Waals surface area (Å²) in [6.07, 6.45) is 5.18. The van der Waals surface area contributed by atoms with Gasteiger partial charge in [0.25, 0.3) is 5.91 Å². The lowest BCUT2D eigenvalue weighted by molar-refractivity contribution is -0.0704. The Bertz CT molecular complexity index is 754. The molecule has 7 nitrogen and oxygen atoms in total. The fourth-order valence-corrected chi connectivity index (χ4v) is 4.03. The number of carbonyl (C=O) groups excluding carboxylic acids is 1. The Morgan fingerprint density at radius 2 is 2.00 bits per heavy atom. The maximum absolute atomic E-state index is 13.3. The number of aliphatic hydroxyl groups is 1. The van der Waals surface area contributed by atoms with E-state index in [2.05, 4.69) is 22.1 Å². The Hall–Kier alpha value is -2.28. The van der Waals surface area contributed by atoms with Gasteiger partial charge in [0.05, 0.1) is 25.0 Å². The topological polar surface area (TPSA) is 84.1 Å². The van der Waals surface area contributed by atoms with Gasteiger partial charge in [-0.2, -0.15) is 10.2 Å². The smallest absolute Gasteiger partial charge is 0.275 e. The van der Waals surface area contributed by atoms with Crippen molar-refractivity contribution in [1.82, 2.24) is 24.9 Å². The molecule has 2 aliphatic heterocycles. The number of hydrogen-bond acceptors (Lipinski definition) is 5. The standard InChI is InChI=1S/C17H21N5O2/c1-10-3-4-14(22-18-5-6-19-22)16(20-10)17(24)21-13-7-12(8-13)11(2)15(21)9-23/h3-6,11-13,15,23H,7-9H2,1-2H3/t11-,12?,13?,15+/m0/s1. The third-order valence-electron chi connectivity index (χ3n) is 5.52. The number of nitrogens with zero attached hydrogens (tertiary/aromatic N) is 5. The first kappa shape index (κ1) is 15.3. The van der Waals surface area contributed by atoms with Crippen LogP contribution in [0.3, 0.4) is 0 Å². The van der Waals surface area contributed by atoms with Gasteiger partial charge in [0.1, 0.15) is 5.69 Å². The van der Waals surface area contributed by atoms with Gasteiger partial charge in [0, 0.05) is 11.7 Å². The molecule has 126 valence electrons. The molecule has 24 heavy (non-hydrogen) atoms. The Morgan fingerprint density at radius 3 is 2.67 bits per heavy atom. The van der Waals surface area contributed by atoms with Crippen LogP contribution < -0.4 is 0 Å². The zero-order chi connectivity index (χ0) is 16.8. The molecule has 2 aromatic heterocycles. The summed E-state index contributed by atoms with van der Waals surface area (Å²) in [7, 11) is 0. The van der Waals surface area contributed by atoms with Gasteiger partial charge in [0.15, 0.2) is 5.69 Å². The molecule has 0 spiro atoms. The fraction of sp³-hybridized carbons (Fsp3) is 0.529. The third-order valence-corrected chi connectivity index (χ3v) is 5.52. The first-order valence-electron chi connectivity index (χ1n) is 8.38. The van der Waals surface area contributed by atoms with Crippen molar-refractivity contribution in [2.45, 2.75) is 38.8 Å². The molecule has 1 amide bonds. The number of pyridine rings is 1. The van der Waals surface area contributed by atoms with Gasteiger partial charge in [-0.3, -0.25) is 4.79 Å². The number of rotatable bonds is 3. The summed E-state index contributed by atoms with van der Waals surface area (Å²) in [5.74, 6) is 0.786. The van der Waals surface area contributed by atoms with E-state index in [9.17, 15) is 9.90 Å². The summed E-state index contributed by atoms with van der Waals surface area (Å²) in [5.41, 5.74) is 1.69. The van der Waals surface area contributed by atoms with Crippen molar-refractivity contribution in [3.63, 3.8) is 0 Å². The highest BCUT2D eigenvalue weighted by Gasteiger charge is 2.50. The van der Waals surface area contributed by atoms with Crippen molar-refractivity contribution in [2.24, 2.45) is 11.8 Å². The monoisotopic (exact) mass is 327 g/mol. The average Bonchev–Trinajstić information content (AvgIpc) is 3.06. The van der Waals surface area contributed by atoms with E-state index in [4.69, 9.17) is 0 Å². The highest BCUT2D eigenvalue weighted by molar-refractivity contribution is 5.96. The van der Waals surface area contributed by atoms with E-state index < -0.39 is 0 Å². The van der Waals surface area contributed by atoms with E-state index in [-0.39, 0.29) is 24.6 Å². The van der Waals surface area contributed by atoms with Crippen molar-refractivity contribution < 1.29 is 9.90 Å². The van der Waals surface area contributed by atoms with Crippen LogP contribution >= 0.6 is 0 Å². The van der Waals surface area contributed by atoms with Gasteiger partial charge in [0.2, 0.25) is 0 Å². The fourth-order valence-electron chi connectivity index (χ4n) is 4.03. The average molecular weight is 327 g/mol. The van der Waals surface area contributed by atoms with Crippen molar-refractivity contribution >= 4 is 5.91 Å². The molecule has 0 unspecified atom stereocenters. The molecular weight excluding hydrogens is 306 g/mol. The molecule has 7 heteroatoms. The first-order valence-corrected chi connectivity index (χ1v) is 8.38. The second-order valence-electron chi connectivity index (χ2n) is 6.85. The quantitative estimate of drug-likeness (QED) is 0.916. The molecule has 1 N–H and O–H groups in total. The molecule has 1 aliphatic carbocycles. The molecular formula is C17H21N5O2.